The van der Waals surface area contributed by atoms with E-state index in [1.54, 1.807) is 0 Å². The Balaban J connectivity index is -0.000000360. The van der Waals surface area contributed by atoms with Crippen LogP contribution in [0.25, 0.3) is 11.8 Å². The van der Waals surface area contributed by atoms with Crippen LogP contribution in [0.2, 0.25) is 0 Å². The van der Waals surface area contributed by atoms with Crippen molar-refractivity contribution < 1.29 is 56.7 Å². The summed E-state index contributed by atoms with van der Waals surface area (Å²) in [6.07, 6.45) is 3.24. The van der Waals surface area contributed by atoms with Crippen LogP contribution in [0.5, 0.6) is 0 Å². The minimum absolute atomic E-state index is 0. The third-order valence-electron chi connectivity index (χ3n) is 2.44. The maximum Gasteiger partial charge on any atom is 3.00 e. The molecule has 2 rings (SSSR count). The predicted octanol–water partition coefficient (Wildman–Crippen LogP) is -3.01. The van der Waals surface area contributed by atoms with Crippen molar-refractivity contribution in [2.75, 3.05) is 6.61 Å². The number of halogens is 2. The van der Waals surface area contributed by atoms with E-state index in [0.29, 0.717) is 0 Å². The van der Waals surface area contributed by atoms with Gasteiger partial charge >= 0.3 is 21.7 Å². The zero-order chi connectivity index (χ0) is 13.8. The second-order valence-corrected chi connectivity index (χ2v) is 5.51. The quantitative estimate of drug-likeness (QED) is 0.548. The van der Waals surface area contributed by atoms with Gasteiger partial charge in [-0.25, -0.2) is 0 Å². The summed E-state index contributed by atoms with van der Waals surface area (Å²) >= 11 is 0. The maximum atomic E-state index is 9.50. The molecule has 6 heteroatoms. The minimum atomic E-state index is -0.681. The summed E-state index contributed by atoms with van der Waals surface area (Å²) in [5, 5.41) is 18.3. The van der Waals surface area contributed by atoms with Crippen molar-refractivity contribution in [1.29, 1.82) is 0 Å². The molecule has 1 aliphatic rings. The van der Waals surface area contributed by atoms with Gasteiger partial charge in [0.05, 0.1) is 12.7 Å². The van der Waals surface area contributed by atoms with E-state index in [4.69, 9.17) is 10.8 Å². The Hall–Kier alpha value is 0.134. The molecule has 0 spiro atoms. The van der Waals surface area contributed by atoms with Crippen molar-refractivity contribution in [2.24, 2.45) is 0 Å². The number of aliphatic hydroxyl groups excluding tert-OH is 2. The molecule has 1 aromatic rings. The predicted molar refractivity (Wildman–Crippen MR) is 75.4 cm³/mol. The van der Waals surface area contributed by atoms with Gasteiger partial charge in [0.2, 0.25) is 0 Å². The van der Waals surface area contributed by atoms with Crippen LogP contribution in [-0.2, 0) is 21.7 Å². The van der Waals surface area contributed by atoms with Crippen molar-refractivity contribution >= 4 is 6.08 Å². The van der Waals surface area contributed by atoms with E-state index in [2.05, 4.69) is 0 Å². The molecule has 1 aromatic carbocycles. The standard InChI is InChI=1S/C11H12O2.C4H10N.2ClH.Ti/c12-7-11(13)10-6-5-8-3-1-2-4-9(8)10;1-4(2,3)5;;;/h1-6,10-13H,7H2;5H,1-3H3;2*1H;/q;-1;;;+3/p-2. The molecule has 21 heavy (non-hydrogen) atoms. The van der Waals surface area contributed by atoms with Crippen LogP contribution >= 0.6 is 0 Å². The van der Waals surface area contributed by atoms with Crippen LogP contribution in [0.4, 0.5) is 0 Å². The Labute approximate surface area is 154 Å². The molecular weight excluding hydrogens is 345 g/mol. The fourth-order valence-electron chi connectivity index (χ4n) is 1.73. The van der Waals surface area contributed by atoms with E-state index >= 15 is 0 Å². The molecule has 3 nitrogen and oxygen atoms in total. The van der Waals surface area contributed by atoms with Gasteiger partial charge in [-0.1, -0.05) is 57.2 Å². The molecule has 3 N–H and O–H groups in total. The van der Waals surface area contributed by atoms with E-state index < -0.39 is 6.10 Å². The molecule has 117 valence electrons. The smallest absolute Gasteiger partial charge is 1.00 e. The summed E-state index contributed by atoms with van der Waals surface area (Å²) in [5.74, 6) is -0.0406. The topological polar surface area (TPSA) is 64.3 Å². The minimum Gasteiger partial charge on any atom is -1.00 e. The van der Waals surface area contributed by atoms with Gasteiger partial charge in [-0.3, -0.25) is 0 Å². The monoisotopic (exact) mass is 366 g/mol. The number of nitrogens with one attached hydrogen (secondary N) is 1. The molecule has 0 saturated carbocycles. The Morgan fingerprint density at radius 3 is 2.14 bits per heavy atom. The molecule has 0 amide bonds. The van der Waals surface area contributed by atoms with Gasteiger partial charge < -0.3 is 40.8 Å². The number of fused-ring (bicyclic) bond motifs is 1. The Bertz CT molecular complexity index is 416. The van der Waals surface area contributed by atoms with Crippen LogP contribution in [0.3, 0.4) is 0 Å². The number of rotatable bonds is 2. The fourth-order valence-corrected chi connectivity index (χ4v) is 1.73. The van der Waals surface area contributed by atoms with Crippen molar-refractivity contribution in [3.8, 4) is 0 Å². The number of hydrogen-bond donors (Lipinski definition) is 2. The SMILES string of the molecule is CC(C)(C)[NH-].OCC(O)C1C=Cc2ccccc21.[Cl-].[Cl-].[Ti+3]. The molecule has 0 fully saturated rings. The number of aliphatic hydroxyl groups is 2. The van der Waals surface area contributed by atoms with Gasteiger partial charge in [0.25, 0.3) is 0 Å². The number of hydrogen-bond acceptors (Lipinski definition) is 2. The molecule has 1 aliphatic carbocycles. The second-order valence-electron chi connectivity index (χ2n) is 5.51. The third-order valence-corrected chi connectivity index (χ3v) is 2.44. The Morgan fingerprint density at radius 2 is 1.67 bits per heavy atom. The van der Waals surface area contributed by atoms with E-state index in [1.807, 2.05) is 57.2 Å². The molecule has 1 radical (unpaired) electrons. The van der Waals surface area contributed by atoms with Gasteiger partial charge in [-0.05, 0) is 11.1 Å². The molecule has 0 aromatic heterocycles. The van der Waals surface area contributed by atoms with Gasteiger partial charge in [0.15, 0.2) is 0 Å². The van der Waals surface area contributed by atoms with Crippen LogP contribution in [-0.4, -0.2) is 28.5 Å². The second kappa shape index (κ2) is 11.7. The largest absolute Gasteiger partial charge is 3.00 e. The summed E-state index contributed by atoms with van der Waals surface area (Å²) in [5.41, 5.74) is 8.93. The maximum absolute atomic E-state index is 9.50. The number of benzene rings is 1. The normalized spacial score (nSPS) is 16.2. The Kier molecular flexibility index (Phi) is 14.5. The molecule has 2 atom stereocenters. The first-order valence-electron chi connectivity index (χ1n) is 6.14. The summed E-state index contributed by atoms with van der Waals surface area (Å²) in [7, 11) is 0. The molecule has 0 aliphatic heterocycles. The first-order chi connectivity index (χ1) is 8.33. The summed E-state index contributed by atoms with van der Waals surface area (Å²) < 4.78 is 0. The van der Waals surface area contributed by atoms with Crippen molar-refractivity contribution in [2.45, 2.75) is 38.3 Å². The zero-order valence-electron chi connectivity index (χ0n) is 12.5. The van der Waals surface area contributed by atoms with Gasteiger partial charge in [0, 0.05) is 5.92 Å². The van der Waals surface area contributed by atoms with Crippen molar-refractivity contribution in [1.82, 2.24) is 0 Å². The van der Waals surface area contributed by atoms with Crippen LogP contribution in [0, 0.1) is 0 Å². The first kappa shape index (κ1) is 26.1. The van der Waals surface area contributed by atoms with E-state index in [-0.39, 0.29) is 64.6 Å². The fraction of sp³-hybridized carbons (Fsp3) is 0.467. The average molecular weight is 367 g/mol. The van der Waals surface area contributed by atoms with E-state index in [0.717, 1.165) is 11.1 Å². The van der Waals surface area contributed by atoms with E-state index in [9.17, 15) is 5.11 Å². The third kappa shape index (κ3) is 9.69. The zero-order valence-corrected chi connectivity index (χ0v) is 15.5. The van der Waals surface area contributed by atoms with Gasteiger partial charge in [-0.15, -0.1) is 5.54 Å². The van der Waals surface area contributed by atoms with Crippen LogP contribution in [0.15, 0.2) is 30.3 Å². The van der Waals surface area contributed by atoms with Crippen molar-refractivity contribution in [3.63, 3.8) is 0 Å². The Morgan fingerprint density at radius 1 is 1.19 bits per heavy atom. The van der Waals surface area contributed by atoms with E-state index in [1.165, 1.54) is 0 Å². The summed E-state index contributed by atoms with van der Waals surface area (Å²) in [6.45, 7) is 5.37. The molecule has 0 saturated heterocycles. The molecule has 2 unspecified atom stereocenters. The summed E-state index contributed by atoms with van der Waals surface area (Å²) in [4.78, 5) is 0. The molecule has 0 bridgehead atoms. The van der Waals surface area contributed by atoms with Gasteiger partial charge in [-0.2, -0.15) is 0 Å². The van der Waals surface area contributed by atoms with Crippen molar-refractivity contribution in [3.05, 3.63) is 47.2 Å². The molecular formula is C15H22Cl2NO2Ti. The average Bonchev–Trinajstić information content (AvgIpc) is 2.69. The van der Waals surface area contributed by atoms with Crippen LogP contribution < -0.4 is 24.8 Å². The first-order valence-corrected chi connectivity index (χ1v) is 6.14. The van der Waals surface area contributed by atoms with Crippen LogP contribution in [0.1, 0.15) is 37.8 Å². The summed E-state index contributed by atoms with van der Waals surface area (Å²) in [6, 6.07) is 7.91. The molecule has 0 heterocycles. The van der Waals surface area contributed by atoms with Gasteiger partial charge in [0.1, 0.15) is 0 Å².